The molecule has 0 bridgehead atoms. The van der Waals surface area contributed by atoms with Gasteiger partial charge in [0, 0.05) is 21.9 Å². The summed E-state index contributed by atoms with van der Waals surface area (Å²) in [5, 5.41) is 11.1. The number of para-hydroxylation sites is 1. The summed E-state index contributed by atoms with van der Waals surface area (Å²) < 4.78 is 1.54. The van der Waals surface area contributed by atoms with Gasteiger partial charge in [0.05, 0.1) is 17.0 Å². The van der Waals surface area contributed by atoms with Crippen molar-refractivity contribution in [3.05, 3.63) is 101 Å². The lowest BCUT2D eigenvalue weighted by molar-refractivity contribution is -0.113. The first-order valence-corrected chi connectivity index (χ1v) is 13.2. The average molecular weight is 523 g/mol. The van der Waals surface area contributed by atoms with Gasteiger partial charge in [0.15, 0.2) is 21.6 Å². The zero-order chi connectivity index (χ0) is 25.2. The van der Waals surface area contributed by atoms with E-state index in [2.05, 4.69) is 20.4 Å². The second kappa shape index (κ2) is 9.92. The van der Waals surface area contributed by atoms with Gasteiger partial charge in [0.25, 0.3) is 5.56 Å². The van der Waals surface area contributed by atoms with Crippen LogP contribution in [-0.4, -0.2) is 36.2 Å². The Morgan fingerprint density at radius 2 is 1.57 bits per heavy atom. The highest BCUT2D eigenvalue weighted by molar-refractivity contribution is 7.99. The van der Waals surface area contributed by atoms with Gasteiger partial charge in [-0.2, -0.15) is 14.6 Å². The molecule has 1 N–H and O–H groups in total. The molecular formula is C27H18N6O2S2. The number of carbonyl (C=O) groups is 1. The fourth-order valence-corrected chi connectivity index (χ4v) is 5.31. The first kappa shape index (κ1) is 23.0. The Morgan fingerprint density at radius 3 is 2.35 bits per heavy atom. The molecule has 0 atom stereocenters. The van der Waals surface area contributed by atoms with Crippen LogP contribution >= 0.6 is 23.1 Å². The number of nitrogens with one attached hydrogen (secondary N) is 1. The number of rotatable bonds is 6. The van der Waals surface area contributed by atoms with E-state index in [1.165, 1.54) is 23.1 Å². The van der Waals surface area contributed by atoms with Crippen LogP contribution in [0, 0.1) is 0 Å². The molecule has 0 saturated carbocycles. The predicted octanol–water partition coefficient (Wildman–Crippen LogP) is 5.16. The van der Waals surface area contributed by atoms with Gasteiger partial charge in [-0.3, -0.25) is 9.59 Å². The molecule has 6 rings (SSSR count). The maximum atomic E-state index is 12.9. The van der Waals surface area contributed by atoms with Crippen LogP contribution in [0.5, 0.6) is 0 Å². The third-order valence-corrected chi connectivity index (χ3v) is 7.24. The van der Waals surface area contributed by atoms with Gasteiger partial charge in [-0.15, -0.1) is 11.3 Å². The van der Waals surface area contributed by atoms with Gasteiger partial charge in [0.1, 0.15) is 0 Å². The van der Waals surface area contributed by atoms with Crippen molar-refractivity contribution in [2.24, 2.45) is 0 Å². The molecule has 8 nitrogen and oxygen atoms in total. The summed E-state index contributed by atoms with van der Waals surface area (Å²) in [6, 6.07) is 26.4. The van der Waals surface area contributed by atoms with E-state index in [9.17, 15) is 9.59 Å². The molecule has 0 aliphatic rings. The molecule has 1 amide bonds. The number of thioether (sulfide) groups is 1. The summed E-state index contributed by atoms with van der Waals surface area (Å²) in [6.07, 6.45) is 0. The lowest BCUT2D eigenvalue weighted by Gasteiger charge is -2.10. The zero-order valence-corrected chi connectivity index (χ0v) is 20.9. The molecule has 3 aromatic heterocycles. The van der Waals surface area contributed by atoms with E-state index in [1.807, 2.05) is 90.3 Å². The number of aromatic nitrogens is 5. The highest BCUT2D eigenvalue weighted by atomic mass is 32.2. The van der Waals surface area contributed by atoms with Gasteiger partial charge in [-0.1, -0.05) is 84.6 Å². The van der Waals surface area contributed by atoms with Gasteiger partial charge >= 0.3 is 0 Å². The number of thiazole rings is 1. The van der Waals surface area contributed by atoms with Crippen LogP contribution in [0.25, 0.3) is 39.1 Å². The molecule has 10 heteroatoms. The highest BCUT2D eigenvalue weighted by Gasteiger charge is 2.16. The van der Waals surface area contributed by atoms with Crippen LogP contribution in [0.3, 0.4) is 0 Å². The van der Waals surface area contributed by atoms with Crippen molar-refractivity contribution < 1.29 is 4.79 Å². The van der Waals surface area contributed by atoms with Crippen LogP contribution in [0.2, 0.25) is 0 Å². The third-order valence-electron chi connectivity index (χ3n) is 5.55. The molecule has 0 saturated heterocycles. The topological polar surface area (TPSA) is 102 Å². The summed E-state index contributed by atoms with van der Waals surface area (Å²) in [6.45, 7) is 0. The minimum atomic E-state index is -0.422. The van der Waals surface area contributed by atoms with E-state index in [0.717, 1.165) is 11.3 Å². The molecular weight excluding hydrogens is 504 g/mol. The lowest BCUT2D eigenvalue weighted by Crippen LogP contribution is -2.19. The number of hydrogen-bond acceptors (Lipinski definition) is 8. The van der Waals surface area contributed by atoms with E-state index < -0.39 is 5.56 Å². The molecule has 3 heterocycles. The standard InChI is InChI=1S/C27H18N6O2S2/c34-22(30-26-28-21(15-36-26)17-9-3-1-4-10-17)16-37-27-29-20-14-8-7-13-19(20)24-31-25(35)23(32-33(24)27)18-11-5-2-6-12-18/h1-15H,16H2,(H,28,30,34). The van der Waals surface area contributed by atoms with Crippen LogP contribution in [0.15, 0.2) is 100 Å². The summed E-state index contributed by atoms with van der Waals surface area (Å²) in [5.41, 5.74) is 3.32. The molecule has 180 valence electrons. The first-order chi connectivity index (χ1) is 18.2. The molecule has 0 radical (unpaired) electrons. The predicted molar refractivity (Wildman–Crippen MR) is 147 cm³/mol. The summed E-state index contributed by atoms with van der Waals surface area (Å²) in [7, 11) is 0. The van der Waals surface area contributed by atoms with Crippen molar-refractivity contribution in [1.82, 2.24) is 24.6 Å². The molecule has 0 aliphatic carbocycles. The lowest BCUT2D eigenvalue weighted by atomic mass is 10.2. The number of hydrogen-bond donors (Lipinski definition) is 1. The molecule has 3 aromatic carbocycles. The highest BCUT2D eigenvalue weighted by Crippen LogP contribution is 2.26. The zero-order valence-electron chi connectivity index (χ0n) is 19.2. The molecule has 37 heavy (non-hydrogen) atoms. The smallest absolute Gasteiger partial charge is 0.300 e. The number of carbonyl (C=O) groups excluding carboxylic acids is 1. The molecule has 0 unspecified atom stereocenters. The Labute approximate surface area is 219 Å². The van der Waals surface area contributed by atoms with Crippen LogP contribution < -0.4 is 10.9 Å². The molecule has 6 aromatic rings. The Morgan fingerprint density at radius 1 is 0.865 bits per heavy atom. The van der Waals surface area contributed by atoms with Crippen LogP contribution in [0.4, 0.5) is 5.13 Å². The largest absolute Gasteiger partial charge is 0.301 e. The van der Waals surface area contributed by atoms with Gasteiger partial charge in [-0.05, 0) is 12.1 Å². The van der Waals surface area contributed by atoms with Gasteiger partial charge in [-0.25, -0.2) is 9.97 Å². The van der Waals surface area contributed by atoms with Crippen molar-refractivity contribution in [3.8, 4) is 22.5 Å². The molecule has 0 fully saturated rings. The maximum Gasteiger partial charge on any atom is 0.300 e. The Kier molecular flexibility index (Phi) is 6.17. The van der Waals surface area contributed by atoms with E-state index in [0.29, 0.717) is 32.4 Å². The number of anilines is 1. The van der Waals surface area contributed by atoms with Crippen LogP contribution in [-0.2, 0) is 4.79 Å². The number of nitrogens with zero attached hydrogens (tertiary/aromatic N) is 5. The second-order valence-corrected chi connectivity index (χ2v) is 9.82. The quantitative estimate of drug-likeness (QED) is 0.183. The Hall–Kier alpha value is -4.41. The number of fused-ring (bicyclic) bond motifs is 3. The van der Waals surface area contributed by atoms with Gasteiger partial charge in [0.2, 0.25) is 5.91 Å². The van der Waals surface area contributed by atoms with E-state index in [1.54, 1.807) is 4.52 Å². The minimum absolute atomic E-state index is 0.0785. The SMILES string of the molecule is O=C(CSc1nc2ccccc2c2nc(=O)c(-c3ccccc3)nn12)Nc1nc(-c2ccccc2)cs1. The summed E-state index contributed by atoms with van der Waals surface area (Å²) in [5.74, 6) is -0.144. The van der Waals surface area contributed by atoms with E-state index in [4.69, 9.17) is 4.98 Å². The monoisotopic (exact) mass is 522 g/mol. The van der Waals surface area contributed by atoms with Crippen molar-refractivity contribution in [1.29, 1.82) is 0 Å². The second-order valence-electron chi connectivity index (χ2n) is 8.02. The Balaban J connectivity index is 1.30. The van der Waals surface area contributed by atoms with Crippen molar-refractivity contribution in [2.75, 3.05) is 11.1 Å². The molecule has 0 aliphatic heterocycles. The fourth-order valence-electron chi connectivity index (χ4n) is 3.83. The van der Waals surface area contributed by atoms with E-state index >= 15 is 0 Å². The number of benzene rings is 3. The fraction of sp³-hybridized carbons (Fsp3) is 0.0370. The van der Waals surface area contributed by atoms with E-state index in [-0.39, 0.29) is 17.4 Å². The first-order valence-electron chi connectivity index (χ1n) is 11.3. The third kappa shape index (κ3) is 4.72. The maximum absolute atomic E-state index is 12.9. The van der Waals surface area contributed by atoms with Crippen molar-refractivity contribution in [2.45, 2.75) is 5.16 Å². The summed E-state index contributed by atoms with van der Waals surface area (Å²) >= 11 is 2.59. The normalized spacial score (nSPS) is 11.1. The molecule has 0 spiro atoms. The van der Waals surface area contributed by atoms with Gasteiger partial charge < -0.3 is 5.32 Å². The Bertz CT molecular complexity index is 1800. The van der Waals surface area contributed by atoms with Crippen molar-refractivity contribution >= 4 is 50.7 Å². The number of amides is 1. The van der Waals surface area contributed by atoms with Crippen molar-refractivity contribution in [3.63, 3.8) is 0 Å². The summed E-state index contributed by atoms with van der Waals surface area (Å²) in [4.78, 5) is 39.3. The average Bonchev–Trinajstić information content (AvgIpc) is 3.41. The minimum Gasteiger partial charge on any atom is -0.301 e. The van der Waals surface area contributed by atoms with Crippen LogP contribution in [0.1, 0.15) is 0 Å².